The highest BCUT2D eigenvalue weighted by Gasteiger charge is 2.15. The largest absolute Gasteiger partial charge is 0.379 e. The molecule has 0 spiro atoms. The van der Waals surface area contributed by atoms with Gasteiger partial charge in [0.15, 0.2) is 0 Å². The second kappa shape index (κ2) is 10.7. The molecular formula is C21H33N3O2. The molecule has 3 rings (SSSR count). The molecule has 1 aromatic carbocycles. The lowest BCUT2D eigenvalue weighted by Crippen LogP contribution is -2.38. The van der Waals surface area contributed by atoms with E-state index < -0.39 is 0 Å². The summed E-state index contributed by atoms with van der Waals surface area (Å²) < 4.78 is 5.35. The summed E-state index contributed by atoms with van der Waals surface area (Å²) in [4.78, 5) is 14.5. The maximum absolute atomic E-state index is 12.1. The van der Waals surface area contributed by atoms with Crippen LogP contribution in [0.25, 0.3) is 0 Å². The first-order valence-corrected chi connectivity index (χ1v) is 10.2. The predicted octanol–water partition coefficient (Wildman–Crippen LogP) is 2.98. The highest BCUT2D eigenvalue weighted by molar-refractivity contribution is 5.92. The third kappa shape index (κ3) is 6.38. The molecule has 0 atom stereocenters. The van der Waals surface area contributed by atoms with Gasteiger partial charge in [0.1, 0.15) is 0 Å². The van der Waals surface area contributed by atoms with Crippen LogP contribution < -0.4 is 10.6 Å². The van der Waals surface area contributed by atoms with Crippen LogP contribution in [-0.4, -0.2) is 56.7 Å². The monoisotopic (exact) mass is 359 g/mol. The van der Waals surface area contributed by atoms with Crippen molar-refractivity contribution in [3.05, 3.63) is 29.8 Å². The van der Waals surface area contributed by atoms with E-state index in [0.29, 0.717) is 12.5 Å². The van der Waals surface area contributed by atoms with Gasteiger partial charge in [-0.2, -0.15) is 0 Å². The number of nitrogens with zero attached hydrogens (tertiary/aromatic N) is 1. The summed E-state index contributed by atoms with van der Waals surface area (Å²) >= 11 is 0. The molecule has 144 valence electrons. The van der Waals surface area contributed by atoms with Crippen LogP contribution in [0, 0.1) is 0 Å². The normalized spacial score (nSPS) is 19.4. The number of carbonyl (C=O) groups is 1. The van der Waals surface area contributed by atoms with E-state index in [0.717, 1.165) is 51.5 Å². The van der Waals surface area contributed by atoms with Crippen LogP contribution in [0.1, 0.15) is 50.0 Å². The zero-order valence-electron chi connectivity index (χ0n) is 15.8. The van der Waals surface area contributed by atoms with Crippen molar-refractivity contribution in [3.8, 4) is 0 Å². The molecule has 2 fully saturated rings. The van der Waals surface area contributed by atoms with Crippen molar-refractivity contribution in [2.24, 2.45) is 0 Å². The summed E-state index contributed by atoms with van der Waals surface area (Å²) in [6.45, 7) is 6.04. The third-order valence-corrected chi connectivity index (χ3v) is 5.49. The third-order valence-electron chi connectivity index (χ3n) is 5.49. The van der Waals surface area contributed by atoms with Crippen LogP contribution in [-0.2, 0) is 9.53 Å². The first-order chi connectivity index (χ1) is 12.8. The van der Waals surface area contributed by atoms with Crippen molar-refractivity contribution in [1.29, 1.82) is 0 Å². The molecule has 1 saturated heterocycles. The number of nitrogens with one attached hydrogen (secondary N) is 2. The SMILES string of the molecule is O=C(CNCCCN1CCOCC1)Nc1ccc(C2CCCCC2)cc1. The lowest BCUT2D eigenvalue weighted by atomic mass is 9.84. The summed E-state index contributed by atoms with van der Waals surface area (Å²) in [7, 11) is 0. The quantitative estimate of drug-likeness (QED) is 0.701. The Morgan fingerprint density at radius 1 is 1.08 bits per heavy atom. The summed E-state index contributed by atoms with van der Waals surface area (Å²) in [5.74, 6) is 0.739. The molecule has 0 unspecified atom stereocenters. The van der Waals surface area contributed by atoms with Gasteiger partial charge in [0.25, 0.3) is 0 Å². The zero-order chi connectivity index (χ0) is 18.0. The average Bonchev–Trinajstić information content (AvgIpc) is 2.70. The summed E-state index contributed by atoms with van der Waals surface area (Å²) in [6.07, 6.45) is 7.74. The van der Waals surface area contributed by atoms with Crippen molar-refractivity contribution in [2.45, 2.75) is 44.4 Å². The van der Waals surface area contributed by atoms with Crippen molar-refractivity contribution >= 4 is 11.6 Å². The number of rotatable bonds is 8. The van der Waals surface area contributed by atoms with Crippen LogP contribution in [0.15, 0.2) is 24.3 Å². The molecule has 0 radical (unpaired) electrons. The van der Waals surface area contributed by atoms with Crippen molar-refractivity contribution in [2.75, 3.05) is 51.3 Å². The van der Waals surface area contributed by atoms with Gasteiger partial charge in [-0.15, -0.1) is 0 Å². The number of benzene rings is 1. The van der Waals surface area contributed by atoms with Gasteiger partial charge in [-0.3, -0.25) is 9.69 Å². The van der Waals surface area contributed by atoms with Crippen LogP contribution in [0.5, 0.6) is 0 Å². The minimum atomic E-state index is 0.0294. The molecule has 0 bridgehead atoms. The van der Waals surface area contributed by atoms with Crippen molar-refractivity contribution in [1.82, 2.24) is 10.2 Å². The van der Waals surface area contributed by atoms with Crippen LogP contribution in [0.3, 0.4) is 0 Å². The Balaban J connectivity index is 1.30. The molecule has 5 nitrogen and oxygen atoms in total. The summed E-state index contributed by atoms with van der Waals surface area (Å²) in [5, 5.41) is 6.22. The molecule has 2 aliphatic rings. The van der Waals surface area contributed by atoms with Crippen LogP contribution in [0.2, 0.25) is 0 Å². The standard InChI is InChI=1S/C21H33N3O2/c25-21(17-22-11-4-12-24-13-15-26-16-14-24)23-20-9-7-19(8-10-20)18-5-2-1-3-6-18/h7-10,18,22H,1-6,11-17H2,(H,23,25). The van der Waals surface area contributed by atoms with E-state index >= 15 is 0 Å². The number of morpholine rings is 1. The van der Waals surface area contributed by atoms with E-state index in [1.54, 1.807) is 0 Å². The number of hydrogen-bond donors (Lipinski definition) is 2. The summed E-state index contributed by atoms with van der Waals surface area (Å²) in [5.41, 5.74) is 2.31. The molecule has 1 saturated carbocycles. The molecule has 1 aliphatic carbocycles. The van der Waals surface area contributed by atoms with Gasteiger partial charge in [0.2, 0.25) is 5.91 Å². The molecule has 0 aromatic heterocycles. The van der Waals surface area contributed by atoms with Gasteiger partial charge >= 0.3 is 0 Å². The molecule has 1 aromatic rings. The fourth-order valence-corrected chi connectivity index (χ4v) is 3.93. The van der Waals surface area contributed by atoms with E-state index in [9.17, 15) is 4.79 Å². The topological polar surface area (TPSA) is 53.6 Å². The number of amides is 1. The second-order valence-corrected chi connectivity index (χ2v) is 7.49. The van der Waals surface area contributed by atoms with Crippen molar-refractivity contribution in [3.63, 3.8) is 0 Å². The molecule has 2 N–H and O–H groups in total. The molecular weight excluding hydrogens is 326 g/mol. The fourth-order valence-electron chi connectivity index (χ4n) is 3.93. The number of hydrogen-bond acceptors (Lipinski definition) is 4. The Morgan fingerprint density at radius 2 is 1.81 bits per heavy atom. The molecule has 1 aliphatic heterocycles. The predicted molar refractivity (Wildman–Crippen MR) is 106 cm³/mol. The number of anilines is 1. The van der Waals surface area contributed by atoms with Crippen LogP contribution in [0.4, 0.5) is 5.69 Å². The van der Waals surface area contributed by atoms with Crippen molar-refractivity contribution < 1.29 is 9.53 Å². The van der Waals surface area contributed by atoms with E-state index in [-0.39, 0.29) is 5.91 Å². The number of ether oxygens (including phenoxy) is 1. The minimum Gasteiger partial charge on any atom is -0.379 e. The summed E-state index contributed by atoms with van der Waals surface area (Å²) in [6, 6.07) is 8.45. The Kier molecular flexibility index (Phi) is 7.92. The lowest BCUT2D eigenvalue weighted by Gasteiger charge is -2.26. The Morgan fingerprint density at radius 3 is 2.54 bits per heavy atom. The molecule has 5 heteroatoms. The maximum atomic E-state index is 12.1. The highest BCUT2D eigenvalue weighted by Crippen LogP contribution is 2.32. The average molecular weight is 360 g/mol. The van der Waals surface area contributed by atoms with Crippen LogP contribution >= 0.6 is 0 Å². The number of carbonyl (C=O) groups excluding carboxylic acids is 1. The van der Waals surface area contributed by atoms with Gasteiger partial charge < -0.3 is 15.4 Å². The Hall–Kier alpha value is -1.43. The van der Waals surface area contributed by atoms with E-state index in [4.69, 9.17) is 4.74 Å². The van der Waals surface area contributed by atoms with E-state index in [2.05, 4.69) is 27.7 Å². The smallest absolute Gasteiger partial charge is 0.238 e. The van der Waals surface area contributed by atoms with E-state index in [1.807, 2.05) is 12.1 Å². The fraction of sp³-hybridized carbons (Fsp3) is 0.667. The van der Waals surface area contributed by atoms with Gasteiger partial charge in [-0.25, -0.2) is 0 Å². The molecule has 1 amide bonds. The first kappa shape index (κ1) is 19.3. The maximum Gasteiger partial charge on any atom is 0.238 e. The van der Waals surface area contributed by atoms with E-state index in [1.165, 1.54) is 37.7 Å². The Bertz CT molecular complexity index is 535. The van der Waals surface area contributed by atoms with Gasteiger partial charge in [-0.05, 0) is 56.0 Å². The van der Waals surface area contributed by atoms with Gasteiger partial charge in [0.05, 0.1) is 19.8 Å². The zero-order valence-corrected chi connectivity index (χ0v) is 15.8. The van der Waals surface area contributed by atoms with Gasteiger partial charge in [0, 0.05) is 18.8 Å². The minimum absolute atomic E-state index is 0.0294. The Labute approximate surface area is 157 Å². The molecule has 1 heterocycles. The van der Waals surface area contributed by atoms with Gasteiger partial charge in [-0.1, -0.05) is 31.4 Å². The molecule has 26 heavy (non-hydrogen) atoms. The second-order valence-electron chi connectivity index (χ2n) is 7.49. The highest BCUT2D eigenvalue weighted by atomic mass is 16.5. The first-order valence-electron chi connectivity index (χ1n) is 10.2. The lowest BCUT2D eigenvalue weighted by molar-refractivity contribution is -0.115.